The zero-order valence-corrected chi connectivity index (χ0v) is 7.84. The topological polar surface area (TPSA) is 64.7 Å². The second kappa shape index (κ2) is 2.97. The summed E-state index contributed by atoms with van der Waals surface area (Å²) in [6.07, 6.45) is 1.48. The molecule has 0 saturated heterocycles. The van der Waals surface area contributed by atoms with E-state index in [1.54, 1.807) is 6.07 Å². The number of nitrogen functional groups attached to an aromatic ring is 1. The van der Waals surface area contributed by atoms with Crippen molar-refractivity contribution in [3.8, 4) is 0 Å². The number of halogens is 2. The Labute approximate surface area is 83.7 Å². The number of hydrogen-bond donors (Lipinski definition) is 1. The van der Waals surface area contributed by atoms with E-state index < -0.39 is 0 Å². The summed E-state index contributed by atoms with van der Waals surface area (Å²) < 4.78 is 0. The smallest absolute Gasteiger partial charge is 0.225 e. The van der Waals surface area contributed by atoms with Crippen molar-refractivity contribution in [1.29, 1.82) is 0 Å². The number of nitrogens with zero attached hydrogens (tertiary/aromatic N) is 3. The van der Waals surface area contributed by atoms with Gasteiger partial charge in [0.1, 0.15) is 5.52 Å². The maximum atomic E-state index is 5.72. The van der Waals surface area contributed by atoms with Crippen molar-refractivity contribution in [2.24, 2.45) is 0 Å². The van der Waals surface area contributed by atoms with Crippen LogP contribution in [-0.4, -0.2) is 15.0 Å². The number of aromatic nitrogens is 3. The van der Waals surface area contributed by atoms with Crippen molar-refractivity contribution < 1.29 is 0 Å². The van der Waals surface area contributed by atoms with Crippen LogP contribution >= 0.6 is 23.2 Å². The summed E-state index contributed by atoms with van der Waals surface area (Å²) in [5.74, 6) is 0.256. The number of nitrogens with two attached hydrogens (primary N) is 1. The molecule has 0 saturated carbocycles. The Morgan fingerprint density at radius 2 is 2.00 bits per heavy atom. The van der Waals surface area contributed by atoms with Crippen LogP contribution in [0.25, 0.3) is 11.0 Å². The van der Waals surface area contributed by atoms with E-state index in [0.29, 0.717) is 16.1 Å². The SMILES string of the molecule is Nc1nc(Cl)nc2cc(Cl)cnc12. The van der Waals surface area contributed by atoms with E-state index in [2.05, 4.69) is 15.0 Å². The third-order valence-corrected chi connectivity index (χ3v) is 1.88. The highest BCUT2D eigenvalue weighted by atomic mass is 35.5. The van der Waals surface area contributed by atoms with Gasteiger partial charge in [-0.25, -0.2) is 9.97 Å². The minimum atomic E-state index is 0.0917. The molecule has 13 heavy (non-hydrogen) atoms. The van der Waals surface area contributed by atoms with Crippen molar-refractivity contribution in [3.05, 3.63) is 22.6 Å². The summed E-state index contributed by atoms with van der Waals surface area (Å²) >= 11 is 11.3. The lowest BCUT2D eigenvalue weighted by atomic mass is 10.3. The molecule has 2 aromatic rings. The van der Waals surface area contributed by atoms with E-state index in [0.717, 1.165) is 0 Å². The van der Waals surface area contributed by atoms with Crippen LogP contribution < -0.4 is 5.73 Å². The van der Waals surface area contributed by atoms with E-state index >= 15 is 0 Å². The molecule has 4 nitrogen and oxygen atoms in total. The molecule has 0 aliphatic rings. The molecule has 0 bridgehead atoms. The molecule has 6 heteroatoms. The number of rotatable bonds is 0. The molecule has 2 rings (SSSR count). The van der Waals surface area contributed by atoms with Crippen molar-refractivity contribution in [1.82, 2.24) is 15.0 Å². The lowest BCUT2D eigenvalue weighted by molar-refractivity contribution is 1.20. The molecule has 66 valence electrons. The maximum absolute atomic E-state index is 5.72. The van der Waals surface area contributed by atoms with Gasteiger partial charge < -0.3 is 5.73 Å². The first-order valence-electron chi connectivity index (χ1n) is 3.41. The normalized spacial score (nSPS) is 10.6. The second-order valence-electron chi connectivity index (χ2n) is 2.40. The minimum Gasteiger partial charge on any atom is -0.382 e. The Morgan fingerprint density at radius 3 is 2.77 bits per heavy atom. The fourth-order valence-electron chi connectivity index (χ4n) is 0.988. The Kier molecular flexibility index (Phi) is 1.94. The molecule has 2 aromatic heterocycles. The van der Waals surface area contributed by atoms with Crippen LogP contribution in [0.4, 0.5) is 5.82 Å². The van der Waals surface area contributed by atoms with Crippen LogP contribution in [0, 0.1) is 0 Å². The molecule has 0 amide bonds. The molecular weight excluding hydrogens is 211 g/mol. The third kappa shape index (κ3) is 1.50. The number of fused-ring (bicyclic) bond motifs is 1. The Morgan fingerprint density at radius 1 is 1.23 bits per heavy atom. The highest BCUT2D eigenvalue weighted by Gasteiger charge is 2.04. The van der Waals surface area contributed by atoms with Crippen molar-refractivity contribution in [2.45, 2.75) is 0 Å². The Balaban J connectivity index is 2.86. The molecule has 0 spiro atoms. The molecule has 0 aliphatic carbocycles. The first-order valence-corrected chi connectivity index (χ1v) is 4.16. The monoisotopic (exact) mass is 214 g/mol. The average molecular weight is 215 g/mol. The van der Waals surface area contributed by atoms with Gasteiger partial charge >= 0.3 is 0 Å². The molecule has 0 aromatic carbocycles. The Bertz CT molecular complexity index is 466. The zero-order chi connectivity index (χ0) is 9.42. The van der Waals surface area contributed by atoms with E-state index in [4.69, 9.17) is 28.9 Å². The van der Waals surface area contributed by atoms with Gasteiger partial charge in [-0.1, -0.05) is 11.6 Å². The average Bonchev–Trinajstić information content (AvgIpc) is 2.02. The number of pyridine rings is 1. The van der Waals surface area contributed by atoms with Gasteiger partial charge in [0.2, 0.25) is 5.28 Å². The van der Waals surface area contributed by atoms with E-state index in [1.165, 1.54) is 6.20 Å². The number of hydrogen-bond acceptors (Lipinski definition) is 4. The molecule has 2 N–H and O–H groups in total. The quantitative estimate of drug-likeness (QED) is 0.681. The van der Waals surface area contributed by atoms with Crippen LogP contribution in [0.3, 0.4) is 0 Å². The standard InChI is InChI=1S/C7H4Cl2N4/c8-3-1-4-5(11-2-3)6(10)13-7(9)12-4/h1-2H,(H2,10,12,13). The fourth-order valence-corrected chi connectivity index (χ4v) is 1.32. The first-order chi connectivity index (χ1) is 6.16. The minimum absolute atomic E-state index is 0.0917. The molecule has 0 unspecified atom stereocenters. The van der Waals surface area contributed by atoms with E-state index in [9.17, 15) is 0 Å². The van der Waals surface area contributed by atoms with E-state index in [1.807, 2.05) is 0 Å². The molecule has 0 fully saturated rings. The maximum Gasteiger partial charge on any atom is 0.225 e. The van der Waals surface area contributed by atoms with Gasteiger partial charge in [0.25, 0.3) is 0 Å². The highest BCUT2D eigenvalue weighted by Crippen LogP contribution is 2.19. The first kappa shape index (κ1) is 8.47. The lowest BCUT2D eigenvalue weighted by Crippen LogP contribution is -1.96. The van der Waals surface area contributed by atoms with Gasteiger partial charge in [0.05, 0.1) is 10.5 Å². The third-order valence-electron chi connectivity index (χ3n) is 1.50. The number of anilines is 1. The molecule has 0 radical (unpaired) electrons. The van der Waals surface area contributed by atoms with Crippen molar-refractivity contribution in [2.75, 3.05) is 5.73 Å². The molecule has 0 atom stereocenters. The summed E-state index contributed by atoms with van der Waals surface area (Å²) in [7, 11) is 0. The van der Waals surface area contributed by atoms with Crippen LogP contribution in [0.15, 0.2) is 12.3 Å². The van der Waals surface area contributed by atoms with Crippen LogP contribution in [0.1, 0.15) is 0 Å². The van der Waals surface area contributed by atoms with Gasteiger partial charge in [-0.3, -0.25) is 0 Å². The summed E-state index contributed by atoms with van der Waals surface area (Å²) in [5.41, 5.74) is 6.62. The van der Waals surface area contributed by atoms with Crippen LogP contribution in [0.2, 0.25) is 10.3 Å². The van der Waals surface area contributed by atoms with Crippen molar-refractivity contribution in [3.63, 3.8) is 0 Å². The van der Waals surface area contributed by atoms with Gasteiger partial charge in [-0.05, 0) is 17.7 Å². The van der Waals surface area contributed by atoms with E-state index in [-0.39, 0.29) is 11.1 Å². The predicted octanol–water partition coefficient (Wildman–Crippen LogP) is 1.91. The van der Waals surface area contributed by atoms with Gasteiger partial charge in [0.15, 0.2) is 5.82 Å². The highest BCUT2D eigenvalue weighted by molar-refractivity contribution is 6.31. The Hall–Kier alpha value is -1.13. The van der Waals surface area contributed by atoms with Gasteiger partial charge in [0, 0.05) is 6.20 Å². The fraction of sp³-hybridized carbons (Fsp3) is 0. The van der Waals surface area contributed by atoms with Crippen LogP contribution in [-0.2, 0) is 0 Å². The lowest BCUT2D eigenvalue weighted by Gasteiger charge is -1.99. The predicted molar refractivity (Wildman–Crippen MR) is 51.8 cm³/mol. The van der Waals surface area contributed by atoms with Crippen LogP contribution in [0.5, 0.6) is 0 Å². The second-order valence-corrected chi connectivity index (χ2v) is 3.17. The summed E-state index contributed by atoms with van der Waals surface area (Å²) in [6.45, 7) is 0. The zero-order valence-electron chi connectivity index (χ0n) is 6.33. The summed E-state index contributed by atoms with van der Waals surface area (Å²) in [4.78, 5) is 11.7. The van der Waals surface area contributed by atoms with Gasteiger partial charge in [-0.15, -0.1) is 0 Å². The van der Waals surface area contributed by atoms with Gasteiger partial charge in [-0.2, -0.15) is 4.98 Å². The molecular formula is C7H4Cl2N4. The molecule has 0 aliphatic heterocycles. The van der Waals surface area contributed by atoms with Crippen molar-refractivity contribution >= 4 is 40.1 Å². The summed E-state index contributed by atoms with van der Waals surface area (Å²) in [5, 5.41) is 0.579. The largest absolute Gasteiger partial charge is 0.382 e. The summed E-state index contributed by atoms with van der Waals surface area (Å²) in [6, 6.07) is 1.63. The molecule has 2 heterocycles.